The predicted molar refractivity (Wildman–Crippen MR) is 53.7 cm³/mol. The Morgan fingerprint density at radius 1 is 1.00 bits per heavy atom. The summed E-state index contributed by atoms with van der Waals surface area (Å²) in [6.07, 6.45) is 5.49. The van der Waals surface area contributed by atoms with Gasteiger partial charge in [0.25, 0.3) is 0 Å². The van der Waals surface area contributed by atoms with E-state index >= 15 is 0 Å². The van der Waals surface area contributed by atoms with E-state index in [2.05, 4.69) is 32.5 Å². The van der Waals surface area contributed by atoms with Crippen LogP contribution < -0.4 is 0 Å². The molecule has 4 heteroatoms. The Hall–Kier alpha value is -2.10. The molecule has 0 aliphatic carbocycles. The van der Waals surface area contributed by atoms with Crippen molar-refractivity contribution in [3.05, 3.63) is 36.8 Å². The Morgan fingerprint density at radius 2 is 2.00 bits per heavy atom. The van der Waals surface area contributed by atoms with Crippen molar-refractivity contribution in [3.63, 3.8) is 0 Å². The first-order chi connectivity index (χ1) is 6.93. The van der Waals surface area contributed by atoms with Gasteiger partial charge >= 0.3 is 0 Å². The van der Waals surface area contributed by atoms with E-state index in [1.165, 1.54) is 0 Å². The molecule has 4 nitrogen and oxygen atoms in total. The molecular formula is C10H8N4. The van der Waals surface area contributed by atoms with Gasteiger partial charge in [-0.2, -0.15) is 10.2 Å². The summed E-state index contributed by atoms with van der Waals surface area (Å²) >= 11 is 0. The molecule has 0 spiro atoms. The van der Waals surface area contributed by atoms with Gasteiger partial charge in [-0.3, -0.25) is 10.2 Å². The first kappa shape index (κ1) is 7.32. The average Bonchev–Trinajstić information content (AvgIpc) is 2.88. The van der Waals surface area contributed by atoms with Crippen LogP contribution in [0.1, 0.15) is 0 Å². The van der Waals surface area contributed by atoms with E-state index in [0.29, 0.717) is 0 Å². The maximum Gasteiger partial charge on any atom is 0.0656 e. The summed E-state index contributed by atoms with van der Waals surface area (Å²) in [4.78, 5) is 0. The van der Waals surface area contributed by atoms with Crippen LogP contribution in [-0.2, 0) is 0 Å². The van der Waals surface area contributed by atoms with Crippen molar-refractivity contribution in [2.45, 2.75) is 0 Å². The Bertz CT molecular complexity index is 550. The molecule has 0 aliphatic heterocycles. The molecule has 0 amide bonds. The summed E-state index contributed by atoms with van der Waals surface area (Å²) < 4.78 is 0. The summed E-state index contributed by atoms with van der Waals surface area (Å²) in [5.41, 5.74) is 3.26. The third-order valence-electron chi connectivity index (χ3n) is 2.27. The summed E-state index contributed by atoms with van der Waals surface area (Å²) in [7, 11) is 0. The van der Waals surface area contributed by atoms with E-state index in [4.69, 9.17) is 0 Å². The fourth-order valence-electron chi connectivity index (χ4n) is 1.53. The van der Waals surface area contributed by atoms with Crippen molar-refractivity contribution in [3.8, 4) is 11.1 Å². The van der Waals surface area contributed by atoms with Crippen molar-refractivity contribution >= 4 is 10.9 Å². The van der Waals surface area contributed by atoms with Gasteiger partial charge in [0.1, 0.15) is 0 Å². The average molecular weight is 184 g/mol. The molecule has 2 heterocycles. The predicted octanol–water partition coefficient (Wildman–Crippen LogP) is 1.95. The van der Waals surface area contributed by atoms with E-state index in [1.807, 2.05) is 18.5 Å². The van der Waals surface area contributed by atoms with Crippen LogP contribution in [0.4, 0.5) is 0 Å². The van der Waals surface area contributed by atoms with Crippen molar-refractivity contribution in [1.82, 2.24) is 20.4 Å². The van der Waals surface area contributed by atoms with Gasteiger partial charge < -0.3 is 0 Å². The van der Waals surface area contributed by atoms with Crippen LogP contribution in [-0.4, -0.2) is 20.4 Å². The summed E-state index contributed by atoms with van der Waals surface area (Å²) in [5.74, 6) is 0. The Balaban J connectivity index is 2.23. The van der Waals surface area contributed by atoms with E-state index in [9.17, 15) is 0 Å². The number of aromatic amines is 2. The molecule has 0 bridgehead atoms. The lowest BCUT2D eigenvalue weighted by Gasteiger charge is -1.95. The molecule has 2 aromatic heterocycles. The minimum absolute atomic E-state index is 1.05. The molecule has 0 atom stereocenters. The van der Waals surface area contributed by atoms with E-state index in [-0.39, 0.29) is 0 Å². The normalized spacial score (nSPS) is 10.9. The highest BCUT2D eigenvalue weighted by Crippen LogP contribution is 2.21. The molecular weight excluding hydrogens is 176 g/mol. The largest absolute Gasteiger partial charge is 0.285 e. The quantitative estimate of drug-likeness (QED) is 0.607. The highest BCUT2D eigenvalue weighted by Gasteiger charge is 2.00. The van der Waals surface area contributed by atoms with Crippen molar-refractivity contribution < 1.29 is 0 Å². The molecule has 2 N–H and O–H groups in total. The Morgan fingerprint density at radius 3 is 2.86 bits per heavy atom. The van der Waals surface area contributed by atoms with Crippen LogP contribution in [0.3, 0.4) is 0 Å². The first-order valence-electron chi connectivity index (χ1n) is 4.36. The van der Waals surface area contributed by atoms with Crippen LogP contribution >= 0.6 is 0 Å². The number of H-pyrrole nitrogens is 2. The van der Waals surface area contributed by atoms with Crippen molar-refractivity contribution in [1.29, 1.82) is 0 Å². The zero-order valence-corrected chi connectivity index (χ0v) is 7.36. The van der Waals surface area contributed by atoms with Gasteiger partial charge in [0, 0.05) is 17.1 Å². The van der Waals surface area contributed by atoms with Gasteiger partial charge in [0.2, 0.25) is 0 Å². The zero-order chi connectivity index (χ0) is 9.38. The second-order valence-corrected chi connectivity index (χ2v) is 3.16. The molecule has 68 valence electrons. The second kappa shape index (κ2) is 2.70. The number of nitrogens with zero attached hydrogens (tertiary/aromatic N) is 2. The van der Waals surface area contributed by atoms with Gasteiger partial charge in [0.15, 0.2) is 0 Å². The van der Waals surface area contributed by atoms with Crippen LogP contribution in [0.2, 0.25) is 0 Å². The molecule has 0 radical (unpaired) electrons. The number of aromatic nitrogens is 4. The molecule has 1 aromatic carbocycles. The molecule has 3 rings (SSSR count). The standard InChI is InChI=1S/C10H8N4/c1-2-8-4-13-14-10(8)3-7(1)9-5-11-12-6-9/h1-6H,(H,11,12)(H,13,14). The lowest BCUT2D eigenvalue weighted by Crippen LogP contribution is -1.74. The van der Waals surface area contributed by atoms with Crippen molar-refractivity contribution in [2.24, 2.45) is 0 Å². The number of hydrogen-bond donors (Lipinski definition) is 2. The monoisotopic (exact) mass is 184 g/mol. The van der Waals surface area contributed by atoms with Crippen molar-refractivity contribution in [2.75, 3.05) is 0 Å². The lowest BCUT2D eigenvalue weighted by atomic mass is 10.1. The topological polar surface area (TPSA) is 57.4 Å². The number of nitrogens with one attached hydrogen (secondary N) is 2. The minimum atomic E-state index is 1.05. The SMILES string of the molecule is c1cc2cn[nH]c2cc1-c1cn[nH]c1. The Labute approximate surface area is 80.0 Å². The maximum atomic E-state index is 3.98. The lowest BCUT2D eigenvalue weighted by molar-refractivity contribution is 1.09. The number of hydrogen-bond acceptors (Lipinski definition) is 2. The molecule has 0 fully saturated rings. The minimum Gasteiger partial charge on any atom is -0.285 e. The van der Waals surface area contributed by atoms with E-state index in [1.54, 1.807) is 6.20 Å². The summed E-state index contributed by atoms with van der Waals surface area (Å²) in [6, 6.07) is 6.16. The smallest absolute Gasteiger partial charge is 0.0656 e. The highest BCUT2D eigenvalue weighted by atomic mass is 15.1. The first-order valence-corrected chi connectivity index (χ1v) is 4.36. The zero-order valence-electron chi connectivity index (χ0n) is 7.36. The van der Waals surface area contributed by atoms with Crippen LogP contribution in [0, 0.1) is 0 Å². The fourth-order valence-corrected chi connectivity index (χ4v) is 1.53. The summed E-state index contributed by atoms with van der Waals surface area (Å²) in [5, 5.41) is 14.7. The van der Waals surface area contributed by atoms with Gasteiger partial charge in [-0.15, -0.1) is 0 Å². The third kappa shape index (κ3) is 1.01. The molecule has 0 aliphatic rings. The van der Waals surface area contributed by atoms with Crippen LogP contribution in [0.5, 0.6) is 0 Å². The van der Waals surface area contributed by atoms with Gasteiger partial charge in [0.05, 0.1) is 17.9 Å². The molecule has 3 aromatic rings. The third-order valence-corrected chi connectivity index (χ3v) is 2.27. The van der Waals surface area contributed by atoms with Crippen LogP contribution in [0.25, 0.3) is 22.0 Å². The molecule has 0 saturated carbocycles. The van der Waals surface area contributed by atoms with Gasteiger partial charge in [-0.1, -0.05) is 12.1 Å². The number of rotatable bonds is 1. The fraction of sp³-hybridized carbons (Fsp3) is 0. The van der Waals surface area contributed by atoms with E-state index in [0.717, 1.165) is 22.0 Å². The summed E-state index contributed by atoms with van der Waals surface area (Å²) in [6.45, 7) is 0. The maximum absolute atomic E-state index is 3.98. The van der Waals surface area contributed by atoms with Gasteiger partial charge in [-0.25, -0.2) is 0 Å². The van der Waals surface area contributed by atoms with E-state index < -0.39 is 0 Å². The van der Waals surface area contributed by atoms with Gasteiger partial charge in [-0.05, 0) is 11.6 Å². The molecule has 0 saturated heterocycles. The Kier molecular flexibility index (Phi) is 1.41. The molecule has 0 unspecified atom stereocenters. The molecule has 14 heavy (non-hydrogen) atoms. The van der Waals surface area contributed by atoms with Crippen LogP contribution in [0.15, 0.2) is 36.8 Å². The number of fused-ring (bicyclic) bond motifs is 1. The number of benzene rings is 1. The second-order valence-electron chi connectivity index (χ2n) is 3.16. The highest BCUT2D eigenvalue weighted by molar-refractivity contribution is 5.83.